The van der Waals surface area contributed by atoms with Gasteiger partial charge in [-0.15, -0.1) is 11.3 Å². The van der Waals surface area contributed by atoms with Crippen molar-refractivity contribution in [1.29, 1.82) is 0 Å². The molecule has 0 saturated heterocycles. The van der Waals surface area contributed by atoms with E-state index in [0.717, 1.165) is 0 Å². The number of urea groups is 1. The van der Waals surface area contributed by atoms with Crippen LogP contribution >= 0.6 is 22.9 Å². The highest BCUT2D eigenvalue weighted by Crippen LogP contribution is 2.27. The fourth-order valence-electron chi connectivity index (χ4n) is 1.30. The van der Waals surface area contributed by atoms with Crippen molar-refractivity contribution in [3.8, 4) is 0 Å². The second kappa shape index (κ2) is 5.63. The Morgan fingerprint density at radius 2 is 2.21 bits per heavy atom. The molecule has 0 aliphatic carbocycles. The van der Waals surface area contributed by atoms with Gasteiger partial charge < -0.3 is 5.32 Å². The van der Waals surface area contributed by atoms with Crippen LogP contribution in [0.2, 0.25) is 5.02 Å². The van der Waals surface area contributed by atoms with Crippen molar-refractivity contribution in [1.82, 2.24) is 4.98 Å². The molecule has 0 saturated carbocycles. The molecule has 2 rings (SSSR count). The van der Waals surface area contributed by atoms with E-state index in [1.165, 1.54) is 35.7 Å². The zero-order chi connectivity index (χ0) is 13.8. The SMILES string of the molecule is O=C(Nc1nccs1)Nc1ccc(Cl)cc1[N+](=O)[O-]. The number of rotatable bonds is 3. The van der Waals surface area contributed by atoms with Crippen molar-refractivity contribution in [2.24, 2.45) is 0 Å². The van der Waals surface area contributed by atoms with E-state index in [4.69, 9.17) is 11.6 Å². The molecule has 98 valence electrons. The predicted molar refractivity (Wildman–Crippen MR) is 72.9 cm³/mol. The van der Waals surface area contributed by atoms with Gasteiger partial charge in [-0.1, -0.05) is 11.6 Å². The van der Waals surface area contributed by atoms with Crippen molar-refractivity contribution < 1.29 is 9.72 Å². The molecule has 0 aliphatic heterocycles. The number of benzene rings is 1. The van der Waals surface area contributed by atoms with E-state index in [1.54, 1.807) is 5.38 Å². The van der Waals surface area contributed by atoms with Gasteiger partial charge >= 0.3 is 6.03 Å². The number of nitrogens with one attached hydrogen (secondary N) is 2. The fourth-order valence-corrected chi connectivity index (χ4v) is 1.99. The first kappa shape index (κ1) is 13.2. The van der Waals surface area contributed by atoms with E-state index in [2.05, 4.69) is 15.6 Å². The lowest BCUT2D eigenvalue weighted by Gasteiger charge is -2.06. The van der Waals surface area contributed by atoms with Gasteiger partial charge in [0.05, 0.1) is 4.92 Å². The predicted octanol–water partition coefficient (Wildman–Crippen LogP) is 3.35. The Morgan fingerprint density at radius 1 is 1.42 bits per heavy atom. The lowest BCUT2D eigenvalue weighted by molar-refractivity contribution is -0.383. The highest BCUT2D eigenvalue weighted by atomic mass is 35.5. The first-order chi connectivity index (χ1) is 9.06. The van der Waals surface area contributed by atoms with Crippen molar-refractivity contribution in [2.45, 2.75) is 0 Å². The third-order valence-electron chi connectivity index (χ3n) is 2.06. The maximum atomic E-state index is 11.6. The molecule has 0 atom stereocenters. The van der Waals surface area contributed by atoms with Crippen LogP contribution in [0.15, 0.2) is 29.8 Å². The minimum Gasteiger partial charge on any atom is -0.302 e. The standard InChI is InChI=1S/C10H7ClN4O3S/c11-6-1-2-7(8(5-6)15(17)18)13-9(16)14-10-12-3-4-19-10/h1-5H,(H2,12,13,14,16). The normalized spacial score (nSPS) is 9.95. The van der Waals surface area contributed by atoms with Crippen LogP contribution in [-0.2, 0) is 0 Å². The molecule has 0 spiro atoms. The Balaban J connectivity index is 2.14. The highest BCUT2D eigenvalue weighted by Gasteiger charge is 2.16. The summed E-state index contributed by atoms with van der Waals surface area (Å²) in [5, 5.41) is 18.0. The molecular formula is C10H7ClN4O3S. The van der Waals surface area contributed by atoms with E-state index in [1.807, 2.05) is 0 Å². The zero-order valence-electron chi connectivity index (χ0n) is 9.29. The number of anilines is 2. The van der Waals surface area contributed by atoms with Gasteiger partial charge in [-0.05, 0) is 12.1 Å². The summed E-state index contributed by atoms with van der Waals surface area (Å²) in [6, 6.07) is 3.37. The number of thiazole rings is 1. The number of amides is 2. The van der Waals surface area contributed by atoms with Gasteiger partial charge in [0.1, 0.15) is 5.69 Å². The largest absolute Gasteiger partial charge is 0.325 e. The number of nitro groups is 1. The van der Waals surface area contributed by atoms with Crippen LogP contribution in [-0.4, -0.2) is 15.9 Å². The number of carbonyl (C=O) groups is 1. The summed E-state index contributed by atoms with van der Waals surface area (Å²) in [5.41, 5.74) is -0.217. The van der Waals surface area contributed by atoms with Gasteiger partial charge in [-0.2, -0.15) is 0 Å². The van der Waals surface area contributed by atoms with Crippen LogP contribution in [0.1, 0.15) is 0 Å². The Labute approximate surface area is 116 Å². The summed E-state index contributed by atoms with van der Waals surface area (Å²) in [7, 11) is 0. The molecule has 1 heterocycles. The van der Waals surface area contributed by atoms with Crippen molar-refractivity contribution in [3.05, 3.63) is 44.9 Å². The fraction of sp³-hybridized carbons (Fsp3) is 0. The van der Waals surface area contributed by atoms with E-state index < -0.39 is 11.0 Å². The lowest BCUT2D eigenvalue weighted by Crippen LogP contribution is -2.19. The van der Waals surface area contributed by atoms with Gasteiger partial charge in [-0.3, -0.25) is 15.4 Å². The molecule has 0 fully saturated rings. The van der Waals surface area contributed by atoms with Crippen LogP contribution in [0.25, 0.3) is 0 Å². The molecule has 19 heavy (non-hydrogen) atoms. The average molecular weight is 299 g/mol. The highest BCUT2D eigenvalue weighted by molar-refractivity contribution is 7.13. The molecule has 0 unspecified atom stereocenters. The van der Waals surface area contributed by atoms with Crippen LogP contribution in [0, 0.1) is 10.1 Å². The summed E-state index contributed by atoms with van der Waals surface area (Å²) >= 11 is 6.91. The Hall–Kier alpha value is -2.19. The maximum Gasteiger partial charge on any atom is 0.325 e. The third-order valence-corrected chi connectivity index (χ3v) is 2.98. The number of hydrogen-bond donors (Lipinski definition) is 2. The first-order valence-electron chi connectivity index (χ1n) is 4.97. The number of nitro benzene ring substituents is 1. The maximum absolute atomic E-state index is 11.6. The summed E-state index contributed by atoms with van der Waals surface area (Å²) in [5.74, 6) is 0. The number of aromatic nitrogens is 1. The Bertz CT molecular complexity index is 617. The molecule has 7 nitrogen and oxygen atoms in total. The number of carbonyl (C=O) groups excluding carboxylic acids is 1. The Kier molecular flexibility index (Phi) is 3.93. The summed E-state index contributed by atoms with van der Waals surface area (Å²) in [6.07, 6.45) is 1.53. The Morgan fingerprint density at radius 3 is 2.84 bits per heavy atom. The van der Waals surface area contributed by atoms with Crippen molar-refractivity contribution in [3.63, 3.8) is 0 Å². The second-order valence-corrected chi connectivity index (χ2v) is 4.67. The van der Waals surface area contributed by atoms with Gasteiger partial charge in [0.2, 0.25) is 0 Å². The first-order valence-corrected chi connectivity index (χ1v) is 6.23. The topological polar surface area (TPSA) is 97.2 Å². The van der Waals surface area contributed by atoms with E-state index in [9.17, 15) is 14.9 Å². The zero-order valence-corrected chi connectivity index (χ0v) is 10.9. The van der Waals surface area contributed by atoms with Gasteiger partial charge in [-0.25, -0.2) is 9.78 Å². The number of nitrogens with zero attached hydrogens (tertiary/aromatic N) is 2. The summed E-state index contributed by atoms with van der Waals surface area (Å²) in [4.78, 5) is 25.7. The molecule has 1 aromatic carbocycles. The van der Waals surface area contributed by atoms with Crippen LogP contribution in [0.3, 0.4) is 0 Å². The molecule has 0 radical (unpaired) electrons. The quantitative estimate of drug-likeness (QED) is 0.670. The molecule has 2 N–H and O–H groups in total. The van der Waals surface area contributed by atoms with Crippen LogP contribution < -0.4 is 10.6 Å². The molecule has 1 aromatic heterocycles. The van der Waals surface area contributed by atoms with E-state index in [0.29, 0.717) is 5.13 Å². The molecule has 2 aromatic rings. The minimum absolute atomic E-state index is 0.0588. The minimum atomic E-state index is -0.620. The van der Waals surface area contributed by atoms with Crippen LogP contribution in [0.4, 0.5) is 21.3 Å². The van der Waals surface area contributed by atoms with Gasteiger partial charge in [0, 0.05) is 22.7 Å². The molecule has 9 heteroatoms. The van der Waals surface area contributed by atoms with Crippen molar-refractivity contribution >= 4 is 45.5 Å². The monoisotopic (exact) mass is 298 g/mol. The average Bonchev–Trinajstić information content (AvgIpc) is 2.83. The molecular weight excluding hydrogens is 292 g/mol. The van der Waals surface area contributed by atoms with Crippen molar-refractivity contribution in [2.75, 3.05) is 10.6 Å². The van der Waals surface area contributed by atoms with Gasteiger partial charge in [0.15, 0.2) is 5.13 Å². The molecule has 0 aliphatic rings. The number of hydrogen-bond acceptors (Lipinski definition) is 5. The smallest absolute Gasteiger partial charge is 0.302 e. The summed E-state index contributed by atoms with van der Waals surface area (Å²) < 4.78 is 0. The lowest BCUT2D eigenvalue weighted by atomic mass is 10.2. The second-order valence-electron chi connectivity index (χ2n) is 3.33. The third kappa shape index (κ3) is 3.39. The van der Waals surface area contributed by atoms with Crippen LogP contribution in [0.5, 0.6) is 0 Å². The van der Waals surface area contributed by atoms with E-state index >= 15 is 0 Å². The van der Waals surface area contributed by atoms with Gasteiger partial charge in [0.25, 0.3) is 5.69 Å². The molecule has 2 amide bonds. The molecule has 0 bridgehead atoms. The number of halogens is 1. The summed E-state index contributed by atoms with van der Waals surface area (Å²) in [6.45, 7) is 0. The van der Waals surface area contributed by atoms with E-state index in [-0.39, 0.29) is 16.4 Å².